The molecule has 26 heavy (non-hydrogen) atoms. The quantitative estimate of drug-likeness (QED) is 0.813. The Kier molecular flexibility index (Phi) is 5.61. The van der Waals surface area contributed by atoms with Crippen molar-refractivity contribution in [2.24, 2.45) is 0 Å². The zero-order chi connectivity index (χ0) is 18.8. The van der Waals surface area contributed by atoms with Crippen LogP contribution in [0.5, 0.6) is 0 Å². The van der Waals surface area contributed by atoms with Crippen molar-refractivity contribution in [2.45, 2.75) is 31.0 Å². The van der Waals surface area contributed by atoms with Crippen molar-refractivity contribution in [1.82, 2.24) is 4.90 Å². The number of piperidine rings is 1. The summed E-state index contributed by atoms with van der Waals surface area (Å²) in [7, 11) is 0. The lowest BCUT2D eigenvalue weighted by molar-refractivity contribution is -0.137. The topological polar surface area (TPSA) is 23.5 Å². The first-order valence-corrected chi connectivity index (χ1v) is 9.01. The highest BCUT2D eigenvalue weighted by molar-refractivity contribution is 6.30. The van der Waals surface area contributed by atoms with Crippen LogP contribution in [0.25, 0.3) is 0 Å². The number of hydrogen-bond acceptors (Lipinski definition) is 2. The molecule has 0 bridgehead atoms. The van der Waals surface area contributed by atoms with Crippen molar-refractivity contribution in [2.75, 3.05) is 19.6 Å². The standard InChI is InChI=1S/C20H21ClF3NO/c21-18-6-4-15(5-7-18)8-11-25-12-9-19(26,10-13-25)16-2-1-3-17(14-16)20(22,23)24/h1-7,14,26H,8-13H2. The maximum atomic E-state index is 12.9. The highest BCUT2D eigenvalue weighted by atomic mass is 35.5. The summed E-state index contributed by atoms with van der Waals surface area (Å²) in [6.45, 7) is 2.15. The van der Waals surface area contributed by atoms with Gasteiger partial charge < -0.3 is 10.0 Å². The molecule has 2 nitrogen and oxygen atoms in total. The first-order valence-electron chi connectivity index (χ1n) is 8.63. The normalized spacial score (nSPS) is 18.0. The van der Waals surface area contributed by atoms with Crippen LogP contribution in [-0.4, -0.2) is 29.6 Å². The van der Waals surface area contributed by atoms with Crippen LogP contribution in [0.4, 0.5) is 13.2 Å². The fraction of sp³-hybridized carbons (Fsp3) is 0.400. The predicted molar refractivity (Wildman–Crippen MR) is 96.2 cm³/mol. The molecule has 3 rings (SSSR count). The minimum Gasteiger partial charge on any atom is -0.385 e. The number of likely N-dealkylation sites (tertiary alicyclic amines) is 1. The number of hydrogen-bond donors (Lipinski definition) is 1. The van der Waals surface area contributed by atoms with Crippen molar-refractivity contribution in [3.63, 3.8) is 0 Å². The molecule has 0 atom stereocenters. The number of halogens is 4. The van der Waals surface area contributed by atoms with Gasteiger partial charge in [-0.3, -0.25) is 0 Å². The summed E-state index contributed by atoms with van der Waals surface area (Å²) in [5.74, 6) is 0. The van der Waals surface area contributed by atoms with E-state index < -0.39 is 17.3 Å². The number of rotatable bonds is 4. The third-order valence-electron chi connectivity index (χ3n) is 5.04. The van der Waals surface area contributed by atoms with Crippen LogP contribution < -0.4 is 0 Å². The Morgan fingerprint density at radius 1 is 1.04 bits per heavy atom. The Balaban J connectivity index is 1.59. The van der Waals surface area contributed by atoms with Gasteiger partial charge in [-0.15, -0.1) is 0 Å². The number of benzene rings is 2. The highest BCUT2D eigenvalue weighted by Gasteiger charge is 2.36. The molecule has 2 aromatic carbocycles. The summed E-state index contributed by atoms with van der Waals surface area (Å²) < 4.78 is 38.7. The summed E-state index contributed by atoms with van der Waals surface area (Å²) in [4.78, 5) is 2.23. The molecule has 2 aromatic rings. The summed E-state index contributed by atoms with van der Waals surface area (Å²) in [5.41, 5.74) is -0.371. The zero-order valence-corrected chi connectivity index (χ0v) is 15.0. The van der Waals surface area contributed by atoms with E-state index >= 15 is 0 Å². The van der Waals surface area contributed by atoms with E-state index in [0.29, 0.717) is 36.5 Å². The molecule has 0 unspecified atom stereocenters. The smallest absolute Gasteiger partial charge is 0.385 e. The Morgan fingerprint density at radius 3 is 2.31 bits per heavy atom. The van der Waals surface area contributed by atoms with Crippen molar-refractivity contribution >= 4 is 11.6 Å². The number of alkyl halides is 3. The minimum atomic E-state index is -4.40. The second-order valence-electron chi connectivity index (χ2n) is 6.83. The number of nitrogens with zero attached hydrogens (tertiary/aromatic N) is 1. The molecule has 0 aliphatic carbocycles. The molecule has 1 saturated heterocycles. The fourth-order valence-corrected chi connectivity index (χ4v) is 3.48. The van der Waals surface area contributed by atoms with Gasteiger partial charge in [0.05, 0.1) is 11.2 Å². The summed E-state index contributed by atoms with van der Waals surface area (Å²) >= 11 is 5.88. The van der Waals surface area contributed by atoms with Gasteiger partial charge >= 0.3 is 6.18 Å². The SMILES string of the molecule is OC1(c2cccc(C(F)(F)F)c2)CCN(CCc2ccc(Cl)cc2)CC1. The fourth-order valence-electron chi connectivity index (χ4n) is 3.36. The van der Waals surface area contributed by atoms with Crippen LogP contribution in [0.3, 0.4) is 0 Å². The minimum absolute atomic E-state index is 0.352. The highest BCUT2D eigenvalue weighted by Crippen LogP contribution is 2.36. The third kappa shape index (κ3) is 4.58. The van der Waals surface area contributed by atoms with E-state index in [1.54, 1.807) is 6.07 Å². The molecule has 1 heterocycles. The first-order chi connectivity index (χ1) is 12.3. The lowest BCUT2D eigenvalue weighted by Gasteiger charge is -2.38. The van der Waals surface area contributed by atoms with Gasteiger partial charge in [0.25, 0.3) is 0 Å². The maximum Gasteiger partial charge on any atom is 0.416 e. The van der Waals surface area contributed by atoms with E-state index in [0.717, 1.165) is 25.1 Å². The van der Waals surface area contributed by atoms with E-state index in [4.69, 9.17) is 11.6 Å². The molecule has 1 fully saturated rings. The Hall–Kier alpha value is -1.56. The van der Waals surface area contributed by atoms with Crippen molar-refractivity contribution in [3.8, 4) is 0 Å². The van der Waals surface area contributed by atoms with Gasteiger partial charge in [-0.1, -0.05) is 35.9 Å². The van der Waals surface area contributed by atoms with E-state index in [9.17, 15) is 18.3 Å². The monoisotopic (exact) mass is 383 g/mol. The van der Waals surface area contributed by atoms with Gasteiger partial charge in [-0.2, -0.15) is 13.2 Å². The van der Waals surface area contributed by atoms with Crippen LogP contribution in [0.2, 0.25) is 5.02 Å². The number of aliphatic hydroxyl groups is 1. The zero-order valence-electron chi connectivity index (χ0n) is 14.3. The van der Waals surface area contributed by atoms with E-state index in [1.807, 2.05) is 24.3 Å². The second kappa shape index (κ2) is 7.59. The molecule has 140 valence electrons. The maximum absolute atomic E-state index is 12.9. The molecule has 0 aromatic heterocycles. The second-order valence-corrected chi connectivity index (χ2v) is 7.26. The van der Waals surface area contributed by atoms with Gasteiger partial charge in [0.15, 0.2) is 0 Å². The summed E-state index contributed by atoms with van der Waals surface area (Å²) in [5, 5.41) is 11.6. The van der Waals surface area contributed by atoms with E-state index in [-0.39, 0.29) is 0 Å². The summed E-state index contributed by atoms with van der Waals surface area (Å²) in [6, 6.07) is 12.8. The van der Waals surface area contributed by atoms with Gasteiger partial charge in [0.2, 0.25) is 0 Å². The molecule has 0 amide bonds. The Labute approximate surface area is 156 Å². The third-order valence-corrected chi connectivity index (χ3v) is 5.29. The van der Waals surface area contributed by atoms with Crippen LogP contribution in [0, 0.1) is 0 Å². The van der Waals surface area contributed by atoms with Crippen LogP contribution in [0.1, 0.15) is 29.5 Å². The predicted octanol–water partition coefficient (Wildman–Crippen LogP) is 4.88. The van der Waals surface area contributed by atoms with E-state index in [1.165, 1.54) is 11.6 Å². The Bertz CT molecular complexity index is 737. The molecular weight excluding hydrogens is 363 g/mol. The molecule has 1 aliphatic heterocycles. The average Bonchev–Trinajstić information content (AvgIpc) is 2.62. The van der Waals surface area contributed by atoms with Crippen molar-refractivity contribution in [3.05, 3.63) is 70.2 Å². The van der Waals surface area contributed by atoms with Crippen molar-refractivity contribution in [1.29, 1.82) is 0 Å². The molecule has 0 radical (unpaired) electrons. The molecular formula is C20H21ClF3NO. The van der Waals surface area contributed by atoms with Crippen LogP contribution >= 0.6 is 11.6 Å². The van der Waals surface area contributed by atoms with E-state index in [2.05, 4.69) is 4.90 Å². The molecule has 1 aliphatic rings. The first kappa shape index (κ1) is 19.2. The largest absolute Gasteiger partial charge is 0.416 e. The molecule has 6 heteroatoms. The average molecular weight is 384 g/mol. The van der Waals surface area contributed by atoms with Gasteiger partial charge in [-0.25, -0.2) is 0 Å². The lowest BCUT2D eigenvalue weighted by atomic mass is 9.83. The molecule has 0 saturated carbocycles. The lowest BCUT2D eigenvalue weighted by Crippen LogP contribution is -2.43. The van der Waals surface area contributed by atoms with Crippen LogP contribution in [0.15, 0.2) is 48.5 Å². The summed E-state index contributed by atoms with van der Waals surface area (Å²) in [6.07, 6.45) is -2.67. The van der Waals surface area contributed by atoms with Gasteiger partial charge in [-0.05, 0) is 54.7 Å². The van der Waals surface area contributed by atoms with Crippen LogP contribution in [-0.2, 0) is 18.2 Å². The molecule has 0 spiro atoms. The van der Waals surface area contributed by atoms with Gasteiger partial charge in [0.1, 0.15) is 0 Å². The van der Waals surface area contributed by atoms with Crippen molar-refractivity contribution < 1.29 is 18.3 Å². The Morgan fingerprint density at radius 2 is 1.69 bits per heavy atom. The molecule has 1 N–H and O–H groups in total. The van der Waals surface area contributed by atoms with Gasteiger partial charge in [0, 0.05) is 24.7 Å².